The molecule has 0 spiro atoms. The first-order valence-electron chi connectivity index (χ1n) is 10.1. The van der Waals surface area contributed by atoms with Crippen LogP contribution in [0.3, 0.4) is 0 Å². The number of hydrogen-bond acceptors (Lipinski definition) is 5. The number of aryl methyl sites for hydroxylation is 1. The number of nitrogens with one attached hydrogen (secondary N) is 1. The lowest BCUT2D eigenvalue weighted by molar-refractivity contribution is -0.120. The number of anilines is 2. The van der Waals surface area contributed by atoms with Crippen molar-refractivity contribution in [2.24, 2.45) is 5.92 Å². The number of hydrogen-bond donors (Lipinski definition) is 1. The zero-order valence-electron chi connectivity index (χ0n) is 16.8. The number of fused-ring (bicyclic) bond motifs is 1. The Morgan fingerprint density at radius 2 is 2.07 bits per heavy atom. The van der Waals surface area contributed by atoms with Crippen molar-refractivity contribution >= 4 is 38.6 Å². The van der Waals surface area contributed by atoms with Crippen molar-refractivity contribution in [3.05, 3.63) is 40.8 Å². The average molecular weight is 434 g/mol. The molecule has 4 rings (SSSR count). The molecule has 2 aliphatic rings. The summed E-state index contributed by atoms with van der Waals surface area (Å²) < 4.78 is 27.7. The Kier molecular flexibility index (Phi) is 5.68. The van der Waals surface area contributed by atoms with E-state index in [2.05, 4.69) is 23.2 Å². The molecular formula is C21H27N3O3S2. The molecule has 1 fully saturated rings. The third kappa shape index (κ3) is 4.06. The van der Waals surface area contributed by atoms with Gasteiger partial charge in [0.25, 0.3) is 10.0 Å². The van der Waals surface area contributed by atoms with E-state index >= 15 is 0 Å². The standard InChI is InChI=1S/C21H27N3O3S2/c1-3-23-12-10-16-7-8-18(13-19(16)23)22-21(25)17-5-4-11-24(14-17)29(26,27)20-9-6-15(2)28-20/h6-9,13,17H,3-5,10-12,14H2,1-2H3,(H,22,25). The van der Waals surface area contributed by atoms with Gasteiger partial charge in [0.05, 0.1) is 5.92 Å². The lowest BCUT2D eigenvalue weighted by Crippen LogP contribution is -2.43. The summed E-state index contributed by atoms with van der Waals surface area (Å²) in [5, 5.41) is 3.02. The van der Waals surface area contributed by atoms with Crippen LogP contribution in [-0.2, 0) is 21.2 Å². The summed E-state index contributed by atoms with van der Waals surface area (Å²) in [4.78, 5) is 16.2. The lowest BCUT2D eigenvalue weighted by Gasteiger charge is -2.30. The van der Waals surface area contributed by atoms with Crippen LogP contribution in [0.1, 0.15) is 30.2 Å². The van der Waals surface area contributed by atoms with Crippen LogP contribution >= 0.6 is 11.3 Å². The van der Waals surface area contributed by atoms with Gasteiger partial charge in [0, 0.05) is 42.4 Å². The van der Waals surface area contributed by atoms with Gasteiger partial charge in [-0.05, 0) is 62.9 Å². The van der Waals surface area contributed by atoms with E-state index in [0.29, 0.717) is 23.6 Å². The van der Waals surface area contributed by atoms with Gasteiger partial charge in [-0.2, -0.15) is 4.31 Å². The molecule has 0 radical (unpaired) electrons. The summed E-state index contributed by atoms with van der Waals surface area (Å²) in [6, 6.07) is 9.54. The van der Waals surface area contributed by atoms with Crippen LogP contribution in [0.4, 0.5) is 11.4 Å². The molecule has 29 heavy (non-hydrogen) atoms. The molecule has 156 valence electrons. The summed E-state index contributed by atoms with van der Waals surface area (Å²) in [5.74, 6) is -0.441. The van der Waals surface area contributed by atoms with Gasteiger partial charge in [0.15, 0.2) is 0 Å². The van der Waals surface area contributed by atoms with E-state index < -0.39 is 10.0 Å². The minimum atomic E-state index is -3.53. The summed E-state index contributed by atoms with van der Waals surface area (Å²) in [6.45, 7) is 6.69. The first-order valence-corrected chi connectivity index (χ1v) is 12.4. The van der Waals surface area contributed by atoms with E-state index in [0.717, 1.165) is 30.1 Å². The SMILES string of the molecule is CCN1CCc2ccc(NC(=O)C3CCCN(S(=O)(=O)c4ccc(C)s4)C3)cc21. The van der Waals surface area contributed by atoms with Crippen molar-refractivity contribution in [3.8, 4) is 0 Å². The molecule has 1 unspecified atom stereocenters. The van der Waals surface area contributed by atoms with Crippen molar-refractivity contribution in [1.82, 2.24) is 4.31 Å². The first kappa shape index (κ1) is 20.4. The highest BCUT2D eigenvalue weighted by Gasteiger charge is 2.34. The maximum absolute atomic E-state index is 12.9. The molecule has 1 atom stereocenters. The van der Waals surface area contributed by atoms with E-state index in [1.165, 1.54) is 26.9 Å². The summed E-state index contributed by atoms with van der Waals surface area (Å²) in [7, 11) is -3.53. The first-order chi connectivity index (χ1) is 13.9. The van der Waals surface area contributed by atoms with Gasteiger partial charge in [0.1, 0.15) is 4.21 Å². The van der Waals surface area contributed by atoms with E-state index in [-0.39, 0.29) is 18.4 Å². The van der Waals surface area contributed by atoms with Crippen molar-refractivity contribution < 1.29 is 13.2 Å². The fraction of sp³-hybridized carbons (Fsp3) is 0.476. The normalized spacial score (nSPS) is 19.9. The van der Waals surface area contributed by atoms with E-state index in [9.17, 15) is 13.2 Å². The Labute approximate surface area is 176 Å². The van der Waals surface area contributed by atoms with Crippen LogP contribution in [0.5, 0.6) is 0 Å². The zero-order chi connectivity index (χ0) is 20.6. The maximum atomic E-state index is 12.9. The highest BCUT2D eigenvalue weighted by Crippen LogP contribution is 2.32. The van der Waals surface area contributed by atoms with Crippen LogP contribution in [0.2, 0.25) is 0 Å². The second-order valence-electron chi connectivity index (χ2n) is 7.73. The van der Waals surface area contributed by atoms with Crippen LogP contribution < -0.4 is 10.2 Å². The molecule has 0 aliphatic carbocycles. The molecule has 3 heterocycles. The second kappa shape index (κ2) is 8.08. The molecule has 6 nitrogen and oxygen atoms in total. The number of likely N-dealkylation sites (N-methyl/N-ethyl adjacent to an activating group) is 1. The summed E-state index contributed by atoms with van der Waals surface area (Å²) >= 11 is 1.28. The molecule has 8 heteroatoms. The molecule has 1 amide bonds. The van der Waals surface area contributed by atoms with Crippen LogP contribution in [-0.4, -0.2) is 44.8 Å². The number of thiophene rings is 1. The Morgan fingerprint density at radius 3 is 2.79 bits per heavy atom. The number of sulfonamides is 1. The number of rotatable bonds is 5. The number of nitrogens with zero attached hydrogens (tertiary/aromatic N) is 2. The topological polar surface area (TPSA) is 69.7 Å². The third-order valence-electron chi connectivity index (χ3n) is 5.79. The Bertz CT molecular complexity index is 1020. The smallest absolute Gasteiger partial charge is 0.252 e. The van der Waals surface area contributed by atoms with Gasteiger partial charge in [-0.25, -0.2) is 8.42 Å². The van der Waals surface area contributed by atoms with Crippen molar-refractivity contribution in [2.75, 3.05) is 36.4 Å². The molecule has 1 N–H and O–H groups in total. The number of amides is 1. The number of piperidine rings is 1. The van der Waals surface area contributed by atoms with Gasteiger partial charge in [-0.1, -0.05) is 6.07 Å². The highest BCUT2D eigenvalue weighted by atomic mass is 32.2. The largest absolute Gasteiger partial charge is 0.371 e. The van der Waals surface area contributed by atoms with Crippen LogP contribution in [0.25, 0.3) is 0 Å². The second-order valence-corrected chi connectivity index (χ2v) is 11.2. The Balaban J connectivity index is 1.46. The number of carbonyl (C=O) groups is 1. The van der Waals surface area contributed by atoms with Crippen molar-refractivity contribution in [1.29, 1.82) is 0 Å². The Morgan fingerprint density at radius 1 is 1.24 bits per heavy atom. The molecule has 1 aromatic heterocycles. The average Bonchev–Trinajstić information content (AvgIpc) is 3.34. The molecule has 0 saturated carbocycles. The van der Waals surface area contributed by atoms with Crippen molar-refractivity contribution in [2.45, 2.75) is 37.3 Å². The number of carbonyl (C=O) groups excluding carboxylic acids is 1. The van der Waals surface area contributed by atoms with Crippen LogP contribution in [0.15, 0.2) is 34.5 Å². The molecule has 2 aromatic rings. The lowest BCUT2D eigenvalue weighted by atomic mass is 9.98. The quantitative estimate of drug-likeness (QED) is 0.784. The van der Waals surface area contributed by atoms with Gasteiger partial charge in [0.2, 0.25) is 5.91 Å². The van der Waals surface area contributed by atoms with Gasteiger partial charge >= 0.3 is 0 Å². The molecule has 1 saturated heterocycles. The summed E-state index contributed by atoms with van der Waals surface area (Å²) in [5.41, 5.74) is 3.28. The summed E-state index contributed by atoms with van der Waals surface area (Å²) in [6.07, 6.45) is 2.43. The third-order valence-corrected chi connectivity index (χ3v) is 9.12. The molecule has 2 aliphatic heterocycles. The van der Waals surface area contributed by atoms with E-state index in [1.54, 1.807) is 6.07 Å². The fourth-order valence-electron chi connectivity index (χ4n) is 4.15. The molecular weight excluding hydrogens is 406 g/mol. The van der Waals surface area contributed by atoms with E-state index in [4.69, 9.17) is 0 Å². The van der Waals surface area contributed by atoms with Gasteiger partial charge < -0.3 is 10.2 Å². The Hall–Kier alpha value is -1.90. The molecule has 0 bridgehead atoms. The monoisotopic (exact) mass is 433 g/mol. The van der Waals surface area contributed by atoms with Crippen LogP contribution in [0, 0.1) is 12.8 Å². The van der Waals surface area contributed by atoms with Crippen molar-refractivity contribution in [3.63, 3.8) is 0 Å². The highest BCUT2D eigenvalue weighted by molar-refractivity contribution is 7.91. The van der Waals surface area contributed by atoms with E-state index in [1.807, 2.05) is 25.1 Å². The number of benzene rings is 1. The fourth-order valence-corrected chi connectivity index (χ4v) is 7.11. The maximum Gasteiger partial charge on any atom is 0.252 e. The minimum Gasteiger partial charge on any atom is -0.371 e. The predicted octanol–water partition coefficient (Wildman–Crippen LogP) is 3.48. The van der Waals surface area contributed by atoms with Gasteiger partial charge in [-0.15, -0.1) is 11.3 Å². The minimum absolute atomic E-state index is 0.103. The zero-order valence-corrected chi connectivity index (χ0v) is 18.5. The molecule has 1 aromatic carbocycles. The predicted molar refractivity (Wildman–Crippen MR) is 117 cm³/mol. The van der Waals surface area contributed by atoms with Gasteiger partial charge in [-0.3, -0.25) is 4.79 Å².